The molecule has 0 fully saturated rings. The number of carbonyl (C=O) groups excluding carboxylic acids is 4. The predicted octanol–water partition coefficient (Wildman–Crippen LogP) is 2.66. The van der Waals surface area contributed by atoms with E-state index in [1.165, 1.54) is 25.3 Å². The summed E-state index contributed by atoms with van der Waals surface area (Å²) in [6.45, 7) is 1.64. The molecule has 0 saturated heterocycles. The molecule has 0 aliphatic carbocycles. The number of Topliss-reactive ketones (excluding diaryl/α,β-unsaturated/α-hetero) is 1. The van der Waals surface area contributed by atoms with Crippen molar-refractivity contribution in [2.75, 3.05) is 17.7 Å². The van der Waals surface area contributed by atoms with Crippen molar-refractivity contribution in [3.63, 3.8) is 0 Å². The first kappa shape index (κ1) is 24.6. The molecule has 3 aromatic rings. The molecule has 0 atom stereocenters. The number of carbonyl (C=O) groups is 4. The molecule has 0 spiro atoms. The number of nitrogens with one attached hydrogen (secondary N) is 2. The number of ether oxygens (including phenoxy) is 2. The standard InChI is InChI=1S/C25H20N4O6/c1-3-12-35-20-10-8-18(9-11-20)24(33)29-25-27-21(14-22(28-25)34-2)26-23(32)17-6-4-16(5-7-17)13-19(31)15-30/h4-11,14-15H,13H2,1-2H3,(H2,26,27,28,29,32,33). The second-order valence-electron chi connectivity index (χ2n) is 6.96. The summed E-state index contributed by atoms with van der Waals surface area (Å²) in [5, 5.41) is 5.17. The number of benzene rings is 2. The summed E-state index contributed by atoms with van der Waals surface area (Å²) < 4.78 is 10.3. The van der Waals surface area contributed by atoms with Gasteiger partial charge in [-0.15, -0.1) is 0 Å². The van der Waals surface area contributed by atoms with Crippen molar-refractivity contribution >= 4 is 35.6 Å². The van der Waals surface area contributed by atoms with Crippen LogP contribution in [0.4, 0.5) is 11.8 Å². The van der Waals surface area contributed by atoms with E-state index in [9.17, 15) is 19.2 Å². The van der Waals surface area contributed by atoms with Crippen LogP contribution in [-0.2, 0) is 16.0 Å². The van der Waals surface area contributed by atoms with E-state index in [4.69, 9.17) is 9.47 Å². The smallest absolute Gasteiger partial charge is 0.258 e. The van der Waals surface area contributed by atoms with Gasteiger partial charge >= 0.3 is 0 Å². The highest BCUT2D eigenvalue weighted by Gasteiger charge is 2.14. The molecule has 176 valence electrons. The number of aldehydes is 1. The van der Waals surface area contributed by atoms with E-state index in [1.807, 2.05) is 0 Å². The minimum Gasteiger partial charge on any atom is -0.481 e. The van der Waals surface area contributed by atoms with Gasteiger partial charge in [0.25, 0.3) is 11.8 Å². The average molecular weight is 472 g/mol. The predicted molar refractivity (Wildman–Crippen MR) is 126 cm³/mol. The van der Waals surface area contributed by atoms with Crippen LogP contribution < -0.4 is 20.1 Å². The largest absolute Gasteiger partial charge is 0.481 e. The summed E-state index contributed by atoms with van der Waals surface area (Å²) in [5.41, 5.74) is 1.22. The molecule has 10 heteroatoms. The van der Waals surface area contributed by atoms with Gasteiger partial charge in [-0.25, -0.2) is 0 Å². The highest BCUT2D eigenvalue weighted by atomic mass is 16.5. The Balaban J connectivity index is 1.71. The van der Waals surface area contributed by atoms with Gasteiger partial charge in [-0.1, -0.05) is 18.1 Å². The zero-order valence-corrected chi connectivity index (χ0v) is 18.8. The molecule has 10 nitrogen and oxygen atoms in total. The van der Waals surface area contributed by atoms with Crippen molar-refractivity contribution in [2.24, 2.45) is 0 Å². The lowest BCUT2D eigenvalue weighted by Crippen LogP contribution is -2.17. The van der Waals surface area contributed by atoms with Crippen LogP contribution in [0.1, 0.15) is 33.2 Å². The molecule has 35 heavy (non-hydrogen) atoms. The first-order valence-corrected chi connectivity index (χ1v) is 10.2. The van der Waals surface area contributed by atoms with Crippen LogP contribution in [0.3, 0.4) is 0 Å². The van der Waals surface area contributed by atoms with E-state index in [0.717, 1.165) is 0 Å². The molecule has 2 amide bonds. The van der Waals surface area contributed by atoms with Crippen LogP contribution in [0.2, 0.25) is 0 Å². The third kappa shape index (κ3) is 6.97. The number of hydrogen-bond acceptors (Lipinski definition) is 8. The summed E-state index contributed by atoms with van der Waals surface area (Å²) in [5.74, 6) is 1.71. The van der Waals surface area contributed by atoms with Gasteiger partial charge in [0, 0.05) is 30.5 Å². The summed E-state index contributed by atoms with van der Waals surface area (Å²) in [6.07, 6.45) is 2.68. The van der Waals surface area contributed by atoms with Gasteiger partial charge in [0.05, 0.1) is 7.11 Å². The maximum absolute atomic E-state index is 12.6. The number of ketones is 1. The minimum absolute atomic E-state index is 0.0415. The second-order valence-corrected chi connectivity index (χ2v) is 6.96. The fraction of sp³-hybridized carbons (Fsp3) is 0.120. The van der Waals surface area contributed by atoms with Gasteiger partial charge in [0.2, 0.25) is 11.8 Å². The molecule has 1 aromatic heterocycles. The summed E-state index contributed by atoms with van der Waals surface area (Å²) in [7, 11) is 1.39. The molecule has 2 N–H and O–H groups in total. The third-order valence-corrected chi connectivity index (χ3v) is 4.49. The first-order chi connectivity index (χ1) is 16.9. The van der Waals surface area contributed by atoms with E-state index < -0.39 is 17.6 Å². The van der Waals surface area contributed by atoms with Gasteiger partial charge in [-0.05, 0) is 42.0 Å². The van der Waals surface area contributed by atoms with Crippen molar-refractivity contribution in [3.05, 3.63) is 71.3 Å². The monoisotopic (exact) mass is 472 g/mol. The second kappa shape index (κ2) is 11.7. The molecule has 3 rings (SSSR count). The lowest BCUT2D eigenvalue weighted by molar-refractivity contribution is -0.129. The van der Waals surface area contributed by atoms with E-state index in [-0.39, 0.29) is 30.4 Å². The first-order valence-electron chi connectivity index (χ1n) is 10.2. The van der Waals surface area contributed by atoms with Crippen LogP contribution in [0.15, 0.2) is 54.6 Å². The molecule has 0 unspecified atom stereocenters. The lowest BCUT2D eigenvalue weighted by Gasteiger charge is -2.10. The van der Waals surface area contributed by atoms with Crippen molar-refractivity contribution in [2.45, 2.75) is 13.3 Å². The van der Waals surface area contributed by atoms with E-state index in [0.29, 0.717) is 22.4 Å². The van der Waals surface area contributed by atoms with Gasteiger partial charge in [-0.3, -0.25) is 24.5 Å². The molecule has 0 bridgehead atoms. The van der Waals surface area contributed by atoms with Gasteiger partial charge < -0.3 is 14.8 Å². The zero-order valence-electron chi connectivity index (χ0n) is 18.8. The van der Waals surface area contributed by atoms with Crippen LogP contribution >= 0.6 is 0 Å². The van der Waals surface area contributed by atoms with Crippen molar-refractivity contribution in [1.29, 1.82) is 0 Å². The summed E-state index contributed by atoms with van der Waals surface area (Å²) in [4.78, 5) is 55.2. The Hall–Kier alpha value is -5.04. The lowest BCUT2D eigenvalue weighted by atomic mass is 10.1. The van der Waals surface area contributed by atoms with Gasteiger partial charge in [-0.2, -0.15) is 9.97 Å². The maximum Gasteiger partial charge on any atom is 0.258 e. The number of anilines is 2. The third-order valence-electron chi connectivity index (χ3n) is 4.49. The molecule has 0 aliphatic rings. The Morgan fingerprint density at radius 1 is 0.943 bits per heavy atom. The number of aromatic nitrogens is 2. The average Bonchev–Trinajstić information content (AvgIpc) is 2.87. The molecular weight excluding hydrogens is 452 g/mol. The molecule has 0 saturated carbocycles. The van der Waals surface area contributed by atoms with Crippen molar-refractivity contribution in [3.8, 4) is 23.7 Å². The summed E-state index contributed by atoms with van der Waals surface area (Å²) in [6, 6.07) is 13.9. The van der Waals surface area contributed by atoms with Crippen LogP contribution in [0.25, 0.3) is 0 Å². The quantitative estimate of drug-likeness (QED) is 0.276. The highest BCUT2D eigenvalue weighted by molar-refractivity contribution is 6.25. The Labute approximate surface area is 200 Å². The van der Waals surface area contributed by atoms with E-state index in [2.05, 4.69) is 32.6 Å². The highest BCUT2D eigenvalue weighted by Crippen LogP contribution is 2.18. The zero-order chi connectivity index (χ0) is 25.2. The van der Waals surface area contributed by atoms with Gasteiger partial charge in [0.15, 0.2) is 12.1 Å². The topological polar surface area (TPSA) is 137 Å². The summed E-state index contributed by atoms with van der Waals surface area (Å²) >= 11 is 0. The van der Waals surface area contributed by atoms with Crippen LogP contribution in [0.5, 0.6) is 11.6 Å². The van der Waals surface area contributed by atoms with Crippen molar-refractivity contribution < 1.29 is 28.7 Å². The fourth-order valence-electron chi connectivity index (χ4n) is 2.81. The van der Waals surface area contributed by atoms with Crippen LogP contribution in [-0.4, -0.2) is 41.0 Å². The SMILES string of the molecule is CC#COc1ccc(C(=O)Nc2nc(NC(=O)c3ccc(CC(=O)C=O)cc3)cc(OC)n2)cc1. The maximum atomic E-state index is 12.6. The number of hydrogen-bond donors (Lipinski definition) is 2. The molecule has 1 heterocycles. The molecule has 0 aliphatic heterocycles. The van der Waals surface area contributed by atoms with Crippen LogP contribution in [0, 0.1) is 12.0 Å². The Morgan fingerprint density at radius 2 is 1.57 bits per heavy atom. The van der Waals surface area contributed by atoms with Gasteiger partial charge in [0.1, 0.15) is 17.7 Å². The number of nitrogens with zero attached hydrogens (tertiary/aromatic N) is 2. The van der Waals surface area contributed by atoms with E-state index in [1.54, 1.807) is 43.3 Å². The Bertz CT molecular complexity index is 1310. The van der Waals surface area contributed by atoms with Crippen molar-refractivity contribution in [1.82, 2.24) is 9.97 Å². The number of amides is 2. The number of rotatable bonds is 9. The van der Waals surface area contributed by atoms with E-state index >= 15 is 0 Å². The number of methoxy groups -OCH3 is 1. The molecule has 0 radical (unpaired) electrons. The Morgan fingerprint density at radius 3 is 2.17 bits per heavy atom. The minimum atomic E-state index is -0.556. The molecule has 2 aromatic carbocycles. The molecular formula is C25H20N4O6. The normalized spacial score (nSPS) is 9.77. The Kier molecular flexibility index (Phi) is 8.23. The fourth-order valence-corrected chi connectivity index (χ4v) is 2.81.